The molecule has 7 N–H and O–H groups in total. The minimum atomic E-state index is -1.53. The van der Waals surface area contributed by atoms with Gasteiger partial charge in [-0.15, -0.1) is 0 Å². The van der Waals surface area contributed by atoms with Crippen LogP contribution in [-0.4, -0.2) is 97.0 Å². The van der Waals surface area contributed by atoms with Gasteiger partial charge in [-0.25, -0.2) is 0 Å². The zero-order valence-corrected chi connectivity index (χ0v) is 28.7. The Kier molecular flexibility index (Phi) is 9.56. The predicted octanol–water partition coefficient (Wildman–Crippen LogP) is 3.30. The maximum absolute atomic E-state index is 12.0. The van der Waals surface area contributed by atoms with E-state index in [4.69, 9.17) is 9.47 Å². The zero-order valence-electron chi connectivity index (χ0n) is 28.7. The Bertz CT molecular complexity index is 1090. The number of ether oxygens (including phenoxy) is 2. The molecule has 15 atom stereocenters. The standard InChI is InChI=1S/C36H62O9/c1-19(10-9-13-32(2,3)43)20-11-15-35(7)26(20)21(38)16-24-34(6)14-12-25(39)33(4,5)30(34)22(17-36(24,35)8)44-31-29(42)28(41)27(40)23(18-37)45-31/h20-31,37-43H,1,9-18H2,2-8H3/t20-,21-,22+,23-,24-,25+,26+,27-,28+,29-,30+,31-,34-,35-,36-/m1/s1. The summed E-state index contributed by atoms with van der Waals surface area (Å²) in [6.07, 6.45) is -1.35. The van der Waals surface area contributed by atoms with Crippen molar-refractivity contribution < 1.29 is 45.2 Å². The lowest BCUT2D eigenvalue weighted by Gasteiger charge is -2.72. The molecule has 260 valence electrons. The predicted molar refractivity (Wildman–Crippen MR) is 170 cm³/mol. The van der Waals surface area contributed by atoms with Crippen LogP contribution < -0.4 is 0 Å². The maximum atomic E-state index is 12.0. The molecule has 1 aliphatic heterocycles. The van der Waals surface area contributed by atoms with Gasteiger partial charge in [0.25, 0.3) is 0 Å². The van der Waals surface area contributed by atoms with Gasteiger partial charge in [0.15, 0.2) is 6.29 Å². The third kappa shape index (κ3) is 5.68. The number of aliphatic hydroxyl groups is 7. The summed E-state index contributed by atoms with van der Waals surface area (Å²) in [4.78, 5) is 0. The topological polar surface area (TPSA) is 160 Å². The SMILES string of the molecule is C=C(CCCC(C)(C)O)[C@H]1CC[C@]2(C)[C@@H]1[C@H](O)C[C@@H]1[C@@]3(C)CC[C@H](O)C(C)(C)[C@@H]3[C@@H](O[C@@H]3O[C@H](CO)[C@@H](O)[C@H](O)[C@H]3O)C[C@]12C. The molecule has 0 amide bonds. The highest BCUT2D eigenvalue weighted by Crippen LogP contribution is 2.76. The zero-order chi connectivity index (χ0) is 33.5. The van der Waals surface area contributed by atoms with Crippen LogP contribution in [0.1, 0.15) is 106 Å². The van der Waals surface area contributed by atoms with Crippen LogP contribution in [0.2, 0.25) is 0 Å². The second kappa shape index (κ2) is 12.1. The molecule has 0 spiro atoms. The molecule has 0 aromatic carbocycles. The number of allylic oxidation sites excluding steroid dienone is 1. The Hall–Kier alpha value is -0.620. The number of rotatable bonds is 8. The number of fused-ring (bicyclic) bond motifs is 5. The average molecular weight is 639 g/mol. The fourth-order valence-electron chi connectivity index (χ4n) is 11.8. The molecule has 1 saturated heterocycles. The van der Waals surface area contributed by atoms with Gasteiger partial charge in [-0.2, -0.15) is 0 Å². The van der Waals surface area contributed by atoms with E-state index >= 15 is 0 Å². The van der Waals surface area contributed by atoms with E-state index in [1.807, 2.05) is 13.8 Å². The molecule has 45 heavy (non-hydrogen) atoms. The summed E-state index contributed by atoms with van der Waals surface area (Å²) in [6.45, 7) is 18.8. The summed E-state index contributed by atoms with van der Waals surface area (Å²) in [5.41, 5.74) is -0.897. The number of hydrogen-bond acceptors (Lipinski definition) is 9. The summed E-state index contributed by atoms with van der Waals surface area (Å²) in [7, 11) is 0. The first-order valence-electron chi connectivity index (χ1n) is 17.4. The first-order chi connectivity index (χ1) is 20.7. The molecule has 0 bridgehead atoms. The molecule has 0 unspecified atom stereocenters. The summed E-state index contributed by atoms with van der Waals surface area (Å²) in [5.74, 6) is 0.239. The van der Waals surface area contributed by atoms with E-state index in [0.29, 0.717) is 25.7 Å². The van der Waals surface area contributed by atoms with Gasteiger partial charge in [0.2, 0.25) is 0 Å². The van der Waals surface area contributed by atoms with E-state index in [-0.39, 0.29) is 39.9 Å². The Morgan fingerprint density at radius 2 is 1.60 bits per heavy atom. The van der Waals surface area contributed by atoms with Crippen LogP contribution in [0.3, 0.4) is 0 Å². The maximum Gasteiger partial charge on any atom is 0.186 e. The van der Waals surface area contributed by atoms with Crippen molar-refractivity contribution in [2.24, 2.45) is 45.3 Å². The van der Waals surface area contributed by atoms with Crippen molar-refractivity contribution in [1.82, 2.24) is 0 Å². The molecule has 5 rings (SSSR count). The second-order valence-electron chi connectivity index (χ2n) is 17.6. The highest BCUT2D eigenvalue weighted by molar-refractivity contribution is 5.23. The average Bonchev–Trinajstić information content (AvgIpc) is 3.32. The molecular weight excluding hydrogens is 576 g/mol. The fraction of sp³-hybridized carbons (Fsp3) is 0.944. The number of aliphatic hydroxyl groups excluding tert-OH is 6. The van der Waals surface area contributed by atoms with E-state index in [1.54, 1.807) is 0 Å². The van der Waals surface area contributed by atoms with Gasteiger partial charge in [-0.1, -0.05) is 46.8 Å². The molecular formula is C36H62O9. The van der Waals surface area contributed by atoms with E-state index in [9.17, 15) is 35.7 Å². The Labute approximate surface area is 270 Å². The summed E-state index contributed by atoms with van der Waals surface area (Å²) in [5, 5.41) is 75.5. The van der Waals surface area contributed by atoms with Crippen molar-refractivity contribution in [2.75, 3.05) is 6.61 Å². The summed E-state index contributed by atoms with van der Waals surface area (Å²) < 4.78 is 12.6. The first-order valence-corrected chi connectivity index (χ1v) is 17.4. The Balaban J connectivity index is 1.50. The van der Waals surface area contributed by atoms with Gasteiger partial charge in [0.1, 0.15) is 24.4 Å². The molecule has 0 radical (unpaired) electrons. The van der Waals surface area contributed by atoms with Crippen molar-refractivity contribution in [1.29, 1.82) is 0 Å². The molecule has 0 aromatic heterocycles. The van der Waals surface area contributed by atoms with Crippen molar-refractivity contribution in [3.05, 3.63) is 12.2 Å². The van der Waals surface area contributed by atoms with Crippen LogP contribution in [0.15, 0.2) is 12.2 Å². The van der Waals surface area contributed by atoms with Crippen molar-refractivity contribution >= 4 is 0 Å². The normalized spacial score (nSPS) is 51.2. The summed E-state index contributed by atoms with van der Waals surface area (Å²) >= 11 is 0. The number of hydrogen-bond donors (Lipinski definition) is 7. The highest BCUT2D eigenvalue weighted by atomic mass is 16.7. The van der Waals surface area contributed by atoms with Gasteiger partial charge in [0.05, 0.1) is 30.5 Å². The van der Waals surface area contributed by atoms with Crippen molar-refractivity contribution in [3.63, 3.8) is 0 Å². The van der Waals surface area contributed by atoms with Crippen LogP contribution in [0, 0.1) is 45.3 Å². The molecule has 9 heteroatoms. The lowest BCUT2D eigenvalue weighted by molar-refractivity contribution is -0.346. The van der Waals surface area contributed by atoms with E-state index in [1.165, 1.54) is 0 Å². The minimum absolute atomic E-state index is 0.0311. The highest BCUT2D eigenvalue weighted by Gasteiger charge is 2.72. The van der Waals surface area contributed by atoms with Crippen molar-refractivity contribution in [2.45, 2.75) is 161 Å². The molecule has 1 heterocycles. The molecule has 9 nitrogen and oxygen atoms in total. The third-order valence-corrected chi connectivity index (χ3v) is 14.2. The van der Waals surface area contributed by atoms with Crippen LogP contribution in [0.5, 0.6) is 0 Å². The van der Waals surface area contributed by atoms with Gasteiger partial charge in [-0.05, 0) is 117 Å². The molecule has 5 fully saturated rings. The van der Waals surface area contributed by atoms with E-state index < -0.39 is 66.6 Å². The minimum Gasteiger partial charge on any atom is -0.394 e. The molecule has 4 aliphatic carbocycles. The van der Waals surface area contributed by atoms with E-state index in [0.717, 1.165) is 37.7 Å². The van der Waals surface area contributed by atoms with Gasteiger partial charge < -0.3 is 45.2 Å². The van der Waals surface area contributed by atoms with Gasteiger partial charge >= 0.3 is 0 Å². The van der Waals surface area contributed by atoms with Crippen molar-refractivity contribution in [3.8, 4) is 0 Å². The van der Waals surface area contributed by atoms with Crippen LogP contribution in [0.4, 0.5) is 0 Å². The smallest absolute Gasteiger partial charge is 0.186 e. The first kappa shape index (κ1) is 35.7. The van der Waals surface area contributed by atoms with Crippen LogP contribution >= 0.6 is 0 Å². The van der Waals surface area contributed by atoms with Gasteiger partial charge in [-0.3, -0.25) is 0 Å². The van der Waals surface area contributed by atoms with Crippen LogP contribution in [-0.2, 0) is 9.47 Å². The lowest BCUT2D eigenvalue weighted by Crippen LogP contribution is -2.70. The fourth-order valence-corrected chi connectivity index (χ4v) is 11.8. The summed E-state index contributed by atoms with van der Waals surface area (Å²) in [6, 6.07) is 0. The van der Waals surface area contributed by atoms with Gasteiger partial charge in [0, 0.05) is 0 Å². The second-order valence-corrected chi connectivity index (χ2v) is 17.6. The van der Waals surface area contributed by atoms with Crippen LogP contribution in [0.25, 0.3) is 0 Å². The Morgan fingerprint density at radius 1 is 0.933 bits per heavy atom. The molecule has 4 saturated carbocycles. The molecule has 5 aliphatic rings. The van der Waals surface area contributed by atoms with E-state index in [2.05, 4.69) is 41.2 Å². The monoisotopic (exact) mass is 638 g/mol. The molecule has 0 aromatic rings. The quantitative estimate of drug-likeness (QED) is 0.156. The third-order valence-electron chi connectivity index (χ3n) is 14.2. The lowest BCUT2D eigenvalue weighted by atomic mass is 9.34. The Morgan fingerprint density at radius 3 is 2.22 bits per heavy atom. The largest absolute Gasteiger partial charge is 0.394 e.